The fraction of sp³-hybridized carbons (Fsp3) is 0.200. The van der Waals surface area contributed by atoms with Crippen LogP contribution in [0, 0.1) is 12.7 Å². The largest absolute Gasteiger partial charge is 0.207 e. The lowest BCUT2D eigenvalue weighted by Gasteiger charge is -2.11. The summed E-state index contributed by atoms with van der Waals surface area (Å²) in [7, 11) is 0.876. The minimum absolute atomic E-state index is 0.154. The molecule has 0 radical (unpaired) electrons. The van der Waals surface area contributed by atoms with Gasteiger partial charge in [0, 0.05) is 0 Å². The number of benzene rings is 2. The molecule has 17 heavy (non-hydrogen) atoms. The van der Waals surface area contributed by atoms with Crippen molar-refractivity contribution in [2.24, 2.45) is 0 Å². The van der Waals surface area contributed by atoms with Crippen LogP contribution >= 0.6 is 0 Å². The van der Waals surface area contributed by atoms with Gasteiger partial charge in [0.1, 0.15) is 5.82 Å². The van der Waals surface area contributed by atoms with E-state index in [1.807, 2.05) is 6.07 Å². The molecule has 0 amide bonds. The molecule has 0 N–H and O–H groups in total. The summed E-state index contributed by atoms with van der Waals surface area (Å²) in [6.45, 7) is 4.26. The normalized spacial score (nSPS) is 12.2. The summed E-state index contributed by atoms with van der Waals surface area (Å²) in [4.78, 5) is 0. The third-order valence-electron chi connectivity index (χ3n) is 3.08. The first-order valence-corrected chi connectivity index (χ1v) is 5.96. The molecule has 0 spiro atoms. The van der Waals surface area contributed by atoms with Crippen molar-refractivity contribution in [3.05, 3.63) is 65.5 Å². The van der Waals surface area contributed by atoms with Crippen molar-refractivity contribution in [2.45, 2.75) is 19.7 Å². The van der Waals surface area contributed by atoms with E-state index >= 15 is 0 Å². The molecule has 0 aliphatic carbocycles. The Morgan fingerprint density at radius 3 is 2.41 bits per heavy atom. The van der Waals surface area contributed by atoms with Gasteiger partial charge in [-0.15, -0.1) is 0 Å². The maximum atomic E-state index is 13.1. The Kier molecular flexibility index (Phi) is 3.63. The van der Waals surface area contributed by atoms with Crippen LogP contribution in [-0.4, -0.2) is 7.28 Å². The van der Waals surface area contributed by atoms with Gasteiger partial charge in [0.2, 0.25) is 0 Å². The van der Waals surface area contributed by atoms with Crippen molar-refractivity contribution in [1.82, 2.24) is 0 Å². The average Bonchev–Trinajstić information content (AvgIpc) is 2.29. The first kappa shape index (κ1) is 11.9. The van der Waals surface area contributed by atoms with E-state index in [0.29, 0.717) is 5.82 Å². The first-order chi connectivity index (χ1) is 8.15. The van der Waals surface area contributed by atoms with Crippen LogP contribution in [0.2, 0.25) is 0 Å². The highest BCUT2D eigenvalue weighted by Gasteiger charge is 2.08. The molecule has 0 bridgehead atoms. The third kappa shape index (κ3) is 3.19. The summed E-state index contributed by atoms with van der Waals surface area (Å²) >= 11 is 0. The van der Waals surface area contributed by atoms with Crippen LogP contribution in [0.1, 0.15) is 23.9 Å². The van der Waals surface area contributed by atoms with Gasteiger partial charge >= 0.3 is 0 Å². The third-order valence-corrected chi connectivity index (χ3v) is 3.08. The zero-order valence-electron chi connectivity index (χ0n) is 10.3. The van der Waals surface area contributed by atoms with Crippen LogP contribution in [0.5, 0.6) is 0 Å². The van der Waals surface area contributed by atoms with Crippen molar-refractivity contribution in [3.8, 4) is 0 Å². The molecule has 0 saturated carbocycles. The standard InChI is InChI=1S/C15H16BF/c1-11-6-8-13(9-7-11)12(2)16-14-4-3-5-15(17)10-14/h3-10,12,16H,1-2H3. The van der Waals surface area contributed by atoms with E-state index in [0.717, 1.165) is 12.7 Å². The predicted molar refractivity (Wildman–Crippen MR) is 72.8 cm³/mol. The Morgan fingerprint density at radius 2 is 1.76 bits per heavy atom. The van der Waals surface area contributed by atoms with Crippen molar-refractivity contribution in [3.63, 3.8) is 0 Å². The van der Waals surface area contributed by atoms with Gasteiger partial charge in [-0.1, -0.05) is 59.9 Å². The molecule has 0 nitrogen and oxygen atoms in total. The van der Waals surface area contributed by atoms with Crippen LogP contribution in [0.15, 0.2) is 48.5 Å². The van der Waals surface area contributed by atoms with E-state index in [1.165, 1.54) is 17.2 Å². The molecule has 0 heterocycles. The van der Waals surface area contributed by atoms with Gasteiger partial charge in [0.25, 0.3) is 0 Å². The van der Waals surface area contributed by atoms with E-state index < -0.39 is 0 Å². The molecule has 0 aliphatic rings. The lowest BCUT2D eigenvalue weighted by Crippen LogP contribution is -2.20. The number of hydrogen-bond donors (Lipinski definition) is 0. The lowest BCUT2D eigenvalue weighted by molar-refractivity contribution is 0.629. The zero-order valence-corrected chi connectivity index (χ0v) is 10.3. The van der Waals surface area contributed by atoms with E-state index in [9.17, 15) is 4.39 Å². The van der Waals surface area contributed by atoms with Crippen molar-refractivity contribution < 1.29 is 4.39 Å². The van der Waals surface area contributed by atoms with Crippen molar-refractivity contribution >= 4 is 12.7 Å². The van der Waals surface area contributed by atoms with Gasteiger partial charge in [-0.3, -0.25) is 0 Å². The number of hydrogen-bond acceptors (Lipinski definition) is 0. The maximum absolute atomic E-state index is 13.1. The SMILES string of the molecule is Cc1ccc(C(C)Bc2cccc(F)c2)cc1. The fourth-order valence-electron chi connectivity index (χ4n) is 2.03. The number of halogens is 1. The Hall–Kier alpha value is -1.57. The molecular weight excluding hydrogens is 210 g/mol. The van der Waals surface area contributed by atoms with E-state index in [2.05, 4.69) is 38.1 Å². The summed E-state index contributed by atoms with van der Waals surface area (Å²) in [6.07, 6.45) is 0. The van der Waals surface area contributed by atoms with Crippen LogP contribution in [-0.2, 0) is 0 Å². The van der Waals surface area contributed by atoms with Gasteiger partial charge in [0.15, 0.2) is 7.28 Å². The average molecular weight is 226 g/mol. The van der Waals surface area contributed by atoms with Gasteiger partial charge in [0.05, 0.1) is 0 Å². The Bertz CT molecular complexity index is 491. The second-order valence-corrected chi connectivity index (χ2v) is 4.65. The second kappa shape index (κ2) is 5.18. The maximum Gasteiger partial charge on any atom is 0.165 e. The Balaban J connectivity index is 2.11. The molecular formula is C15H16BF. The van der Waals surface area contributed by atoms with Crippen LogP contribution in [0.4, 0.5) is 4.39 Å². The van der Waals surface area contributed by atoms with Gasteiger partial charge < -0.3 is 0 Å². The van der Waals surface area contributed by atoms with Gasteiger partial charge in [-0.05, 0) is 24.9 Å². The molecule has 2 aromatic rings. The molecule has 0 aromatic heterocycles. The smallest absolute Gasteiger partial charge is 0.165 e. The van der Waals surface area contributed by atoms with Crippen molar-refractivity contribution in [1.29, 1.82) is 0 Å². The molecule has 1 atom stereocenters. The number of rotatable bonds is 3. The minimum atomic E-state index is -0.154. The second-order valence-electron chi connectivity index (χ2n) is 4.65. The molecule has 0 aliphatic heterocycles. The first-order valence-electron chi connectivity index (χ1n) is 5.96. The zero-order chi connectivity index (χ0) is 12.3. The van der Waals surface area contributed by atoms with Gasteiger partial charge in [-0.25, -0.2) is 4.39 Å². The number of aryl methyl sites for hydroxylation is 1. The molecule has 2 rings (SSSR count). The van der Waals surface area contributed by atoms with E-state index in [1.54, 1.807) is 12.1 Å². The van der Waals surface area contributed by atoms with Gasteiger partial charge in [-0.2, -0.15) is 0 Å². The Morgan fingerprint density at radius 1 is 1.06 bits per heavy atom. The van der Waals surface area contributed by atoms with Crippen LogP contribution in [0.25, 0.3) is 0 Å². The molecule has 0 saturated heterocycles. The summed E-state index contributed by atoms with van der Waals surface area (Å²) in [5.41, 5.74) is 3.63. The Labute approximate surface area is 103 Å². The summed E-state index contributed by atoms with van der Waals surface area (Å²) in [5.74, 6) is 0.260. The van der Waals surface area contributed by atoms with E-state index in [-0.39, 0.29) is 5.82 Å². The highest BCUT2D eigenvalue weighted by molar-refractivity contribution is 6.54. The highest BCUT2D eigenvalue weighted by atomic mass is 19.1. The highest BCUT2D eigenvalue weighted by Crippen LogP contribution is 2.14. The lowest BCUT2D eigenvalue weighted by atomic mass is 9.57. The van der Waals surface area contributed by atoms with E-state index in [4.69, 9.17) is 0 Å². The van der Waals surface area contributed by atoms with Crippen molar-refractivity contribution in [2.75, 3.05) is 0 Å². The monoisotopic (exact) mass is 226 g/mol. The molecule has 2 aromatic carbocycles. The molecule has 2 heteroatoms. The van der Waals surface area contributed by atoms with Crippen LogP contribution < -0.4 is 5.46 Å². The fourth-order valence-corrected chi connectivity index (χ4v) is 2.03. The molecule has 1 unspecified atom stereocenters. The van der Waals surface area contributed by atoms with Crippen LogP contribution in [0.3, 0.4) is 0 Å². The molecule has 0 fully saturated rings. The quantitative estimate of drug-likeness (QED) is 0.706. The molecule has 86 valence electrons. The summed E-state index contributed by atoms with van der Waals surface area (Å²) in [5, 5.41) is 0. The predicted octanol–water partition coefficient (Wildman–Crippen LogP) is 2.96. The topological polar surface area (TPSA) is 0 Å². The minimum Gasteiger partial charge on any atom is -0.207 e. The summed E-state index contributed by atoms with van der Waals surface area (Å²) < 4.78 is 13.1. The summed E-state index contributed by atoms with van der Waals surface area (Å²) in [6, 6.07) is 15.4.